The van der Waals surface area contributed by atoms with Crippen LogP contribution < -0.4 is 0 Å². The average molecular weight is 236 g/mol. The summed E-state index contributed by atoms with van der Waals surface area (Å²) >= 11 is 0. The van der Waals surface area contributed by atoms with E-state index in [0.717, 1.165) is 26.1 Å². The van der Waals surface area contributed by atoms with Crippen molar-refractivity contribution in [3.63, 3.8) is 0 Å². The third-order valence-corrected chi connectivity index (χ3v) is 2.88. The second-order valence-corrected chi connectivity index (χ2v) is 4.28. The van der Waals surface area contributed by atoms with E-state index >= 15 is 0 Å². The summed E-state index contributed by atoms with van der Waals surface area (Å²) in [6.45, 7) is 2.31. The summed E-state index contributed by atoms with van der Waals surface area (Å²) in [5.41, 5.74) is 1.25. The molecule has 0 aliphatic carbocycles. The summed E-state index contributed by atoms with van der Waals surface area (Å²) in [6, 6.07) is 10.3. The first-order chi connectivity index (χ1) is 8.42. The predicted molar refractivity (Wildman–Crippen MR) is 66.0 cm³/mol. The predicted octanol–water partition coefficient (Wildman–Crippen LogP) is 2.57. The van der Waals surface area contributed by atoms with Gasteiger partial charge in [-0.1, -0.05) is 30.3 Å². The summed E-state index contributed by atoms with van der Waals surface area (Å²) in [5, 5.41) is 0. The highest BCUT2D eigenvalue weighted by Gasteiger charge is 2.39. The van der Waals surface area contributed by atoms with Gasteiger partial charge in [-0.25, -0.2) is 0 Å². The normalized spacial score (nSPS) is 22.6. The largest absolute Gasteiger partial charge is 0.385 e. The van der Waals surface area contributed by atoms with Crippen LogP contribution in [0.5, 0.6) is 0 Å². The monoisotopic (exact) mass is 236 g/mol. The maximum atomic E-state index is 5.58. The molecular weight excluding hydrogens is 216 g/mol. The lowest BCUT2D eigenvalue weighted by molar-refractivity contribution is 0.105. The molecule has 0 saturated carbocycles. The summed E-state index contributed by atoms with van der Waals surface area (Å²) < 4.78 is 16.1. The fourth-order valence-corrected chi connectivity index (χ4v) is 1.86. The SMILES string of the molecule is COCCCCOC[C@@H]1O[C@H]1c1ccccc1. The summed E-state index contributed by atoms with van der Waals surface area (Å²) in [7, 11) is 1.73. The highest BCUT2D eigenvalue weighted by Crippen LogP contribution is 2.38. The molecule has 1 heterocycles. The lowest BCUT2D eigenvalue weighted by Gasteiger charge is -2.01. The molecule has 0 bridgehead atoms. The third kappa shape index (κ3) is 4.11. The van der Waals surface area contributed by atoms with Crippen LogP contribution in [0.1, 0.15) is 24.5 Å². The van der Waals surface area contributed by atoms with Gasteiger partial charge >= 0.3 is 0 Å². The third-order valence-electron chi connectivity index (χ3n) is 2.88. The second-order valence-electron chi connectivity index (χ2n) is 4.28. The molecule has 1 fully saturated rings. The topological polar surface area (TPSA) is 31.0 Å². The van der Waals surface area contributed by atoms with Gasteiger partial charge in [0.25, 0.3) is 0 Å². The molecule has 3 nitrogen and oxygen atoms in total. The molecule has 17 heavy (non-hydrogen) atoms. The minimum Gasteiger partial charge on any atom is -0.385 e. The van der Waals surface area contributed by atoms with Crippen molar-refractivity contribution in [3.8, 4) is 0 Å². The molecule has 0 amide bonds. The lowest BCUT2D eigenvalue weighted by atomic mass is 10.1. The number of hydrogen-bond acceptors (Lipinski definition) is 3. The van der Waals surface area contributed by atoms with Gasteiger partial charge in [0.15, 0.2) is 0 Å². The maximum Gasteiger partial charge on any atom is 0.112 e. The number of hydrogen-bond donors (Lipinski definition) is 0. The van der Waals surface area contributed by atoms with Crippen LogP contribution in [0.2, 0.25) is 0 Å². The molecular formula is C14H20O3. The number of methoxy groups -OCH3 is 1. The van der Waals surface area contributed by atoms with Gasteiger partial charge in [-0.15, -0.1) is 0 Å². The van der Waals surface area contributed by atoms with Crippen LogP contribution in [0.3, 0.4) is 0 Å². The van der Waals surface area contributed by atoms with E-state index in [9.17, 15) is 0 Å². The van der Waals surface area contributed by atoms with E-state index in [2.05, 4.69) is 12.1 Å². The van der Waals surface area contributed by atoms with E-state index in [0.29, 0.717) is 6.61 Å². The Morgan fingerprint density at radius 2 is 1.88 bits per heavy atom. The Labute approximate surface area is 103 Å². The summed E-state index contributed by atoms with van der Waals surface area (Å²) in [4.78, 5) is 0. The molecule has 0 unspecified atom stereocenters. The molecule has 0 spiro atoms. The van der Waals surface area contributed by atoms with Crippen molar-refractivity contribution >= 4 is 0 Å². The Kier molecular flexibility index (Phi) is 4.98. The van der Waals surface area contributed by atoms with E-state index in [-0.39, 0.29) is 12.2 Å². The molecule has 1 aliphatic heterocycles. The van der Waals surface area contributed by atoms with Crippen LogP contribution in [0, 0.1) is 0 Å². The number of benzene rings is 1. The summed E-state index contributed by atoms with van der Waals surface area (Å²) in [5.74, 6) is 0. The molecule has 2 atom stereocenters. The van der Waals surface area contributed by atoms with Crippen LogP contribution >= 0.6 is 0 Å². The Morgan fingerprint density at radius 3 is 2.65 bits per heavy atom. The zero-order valence-electron chi connectivity index (χ0n) is 10.3. The fourth-order valence-electron chi connectivity index (χ4n) is 1.86. The molecule has 1 aromatic rings. The Hall–Kier alpha value is -0.900. The minimum absolute atomic E-state index is 0.246. The molecule has 1 aromatic carbocycles. The van der Waals surface area contributed by atoms with E-state index in [1.165, 1.54) is 5.56 Å². The van der Waals surface area contributed by atoms with Crippen molar-refractivity contribution in [2.75, 3.05) is 26.9 Å². The first-order valence-electron chi connectivity index (χ1n) is 6.19. The maximum absolute atomic E-state index is 5.58. The van der Waals surface area contributed by atoms with Crippen molar-refractivity contribution in [1.29, 1.82) is 0 Å². The van der Waals surface area contributed by atoms with Crippen molar-refractivity contribution in [2.24, 2.45) is 0 Å². The zero-order valence-corrected chi connectivity index (χ0v) is 10.3. The average Bonchev–Trinajstić information content (AvgIpc) is 3.14. The van der Waals surface area contributed by atoms with E-state index < -0.39 is 0 Å². The number of rotatable bonds is 8. The molecule has 94 valence electrons. The van der Waals surface area contributed by atoms with Gasteiger partial charge in [-0.2, -0.15) is 0 Å². The van der Waals surface area contributed by atoms with Gasteiger partial charge in [-0.3, -0.25) is 0 Å². The van der Waals surface area contributed by atoms with Gasteiger partial charge < -0.3 is 14.2 Å². The van der Waals surface area contributed by atoms with Crippen LogP contribution in [0.4, 0.5) is 0 Å². The lowest BCUT2D eigenvalue weighted by Crippen LogP contribution is -2.04. The van der Waals surface area contributed by atoms with Crippen LogP contribution in [-0.2, 0) is 14.2 Å². The number of unbranched alkanes of at least 4 members (excludes halogenated alkanes) is 1. The fraction of sp³-hybridized carbons (Fsp3) is 0.571. The molecule has 0 N–H and O–H groups in total. The van der Waals surface area contributed by atoms with Crippen LogP contribution in [0.15, 0.2) is 30.3 Å². The Bertz CT molecular complexity index is 313. The minimum atomic E-state index is 0.246. The Balaban J connectivity index is 1.55. The van der Waals surface area contributed by atoms with Gasteiger partial charge in [0.2, 0.25) is 0 Å². The number of ether oxygens (including phenoxy) is 3. The van der Waals surface area contributed by atoms with E-state index in [1.54, 1.807) is 7.11 Å². The number of epoxide rings is 1. The summed E-state index contributed by atoms with van der Waals surface area (Å²) in [6.07, 6.45) is 2.61. The Morgan fingerprint density at radius 1 is 1.12 bits per heavy atom. The highest BCUT2D eigenvalue weighted by molar-refractivity contribution is 5.22. The van der Waals surface area contributed by atoms with Gasteiger partial charge in [0, 0.05) is 20.3 Å². The van der Waals surface area contributed by atoms with Crippen molar-refractivity contribution in [3.05, 3.63) is 35.9 Å². The molecule has 0 aromatic heterocycles. The van der Waals surface area contributed by atoms with Crippen molar-refractivity contribution in [1.82, 2.24) is 0 Å². The molecule has 0 radical (unpaired) electrons. The van der Waals surface area contributed by atoms with Gasteiger partial charge in [0.05, 0.1) is 6.61 Å². The second kappa shape index (κ2) is 6.74. The van der Waals surface area contributed by atoms with Gasteiger partial charge in [-0.05, 0) is 18.4 Å². The first-order valence-corrected chi connectivity index (χ1v) is 6.19. The van der Waals surface area contributed by atoms with Crippen molar-refractivity contribution < 1.29 is 14.2 Å². The zero-order chi connectivity index (χ0) is 11.9. The van der Waals surface area contributed by atoms with Crippen LogP contribution in [-0.4, -0.2) is 33.0 Å². The smallest absolute Gasteiger partial charge is 0.112 e. The molecule has 1 aliphatic rings. The first kappa shape index (κ1) is 12.6. The molecule has 2 rings (SSSR count). The van der Waals surface area contributed by atoms with Gasteiger partial charge in [0.1, 0.15) is 12.2 Å². The quantitative estimate of drug-likeness (QED) is 0.513. The molecule has 3 heteroatoms. The standard InChI is InChI=1S/C14H20O3/c1-15-9-5-6-10-16-11-13-14(17-13)12-7-3-2-4-8-12/h2-4,7-8,13-14H,5-6,9-11H2,1H3/t13-,14-/m0/s1. The molecule has 1 saturated heterocycles. The highest BCUT2D eigenvalue weighted by atomic mass is 16.6. The van der Waals surface area contributed by atoms with E-state index in [1.807, 2.05) is 18.2 Å². The van der Waals surface area contributed by atoms with E-state index in [4.69, 9.17) is 14.2 Å². The van der Waals surface area contributed by atoms with Crippen LogP contribution in [0.25, 0.3) is 0 Å². The van der Waals surface area contributed by atoms with Crippen molar-refractivity contribution in [2.45, 2.75) is 25.0 Å².